The van der Waals surface area contributed by atoms with E-state index < -0.39 is 10.0 Å². The topological polar surface area (TPSA) is 72.3 Å². The Labute approximate surface area is 169 Å². The third-order valence-electron chi connectivity index (χ3n) is 5.92. The third-order valence-corrected chi connectivity index (χ3v) is 7.77. The Morgan fingerprint density at radius 3 is 2.52 bits per heavy atom. The molecule has 1 fully saturated rings. The van der Waals surface area contributed by atoms with Crippen LogP contribution in [0.5, 0.6) is 0 Å². The fourth-order valence-corrected chi connectivity index (χ4v) is 6.16. The Morgan fingerprint density at radius 2 is 1.76 bits per heavy atom. The summed E-state index contributed by atoms with van der Waals surface area (Å²) in [6.45, 7) is 1.38. The second kappa shape index (κ2) is 6.93. The zero-order chi connectivity index (χ0) is 20.0. The van der Waals surface area contributed by atoms with E-state index in [-0.39, 0.29) is 17.4 Å². The molecule has 0 spiro atoms. The Balaban J connectivity index is 1.51. The zero-order valence-electron chi connectivity index (χ0n) is 15.8. The highest BCUT2D eigenvalue weighted by atomic mass is 32.2. The first-order chi connectivity index (χ1) is 14.0. The number of piperidine rings is 1. The van der Waals surface area contributed by atoms with E-state index in [0.717, 1.165) is 17.7 Å². The van der Waals surface area contributed by atoms with Gasteiger partial charge in [0.1, 0.15) is 0 Å². The summed E-state index contributed by atoms with van der Waals surface area (Å²) >= 11 is 0. The van der Waals surface area contributed by atoms with Crippen molar-refractivity contribution in [1.29, 1.82) is 0 Å². The van der Waals surface area contributed by atoms with Gasteiger partial charge >= 0.3 is 0 Å². The largest absolute Gasteiger partial charge is 0.311 e. The quantitative estimate of drug-likeness (QED) is 0.669. The number of rotatable bonds is 3. The number of hydrogen-bond donors (Lipinski definition) is 0. The SMILES string of the molecule is O=c1c(-c2cccnc2)ccc2n1CC1CC2CN(S(=O)(=O)c2ccccc2)C1. The molecule has 2 aromatic heterocycles. The Hall–Kier alpha value is -2.77. The molecular weight excluding hydrogens is 386 g/mol. The van der Waals surface area contributed by atoms with Gasteiger partial charge in [-0.15, -0.1) is 0 Å². The second-order valence-electron chi connectivity index (χ2n) is 7.76. The molecule has 0 radical (unpaired) electrons. The zero-order valence-corrected chi connectivity index (χ0v) is 16.6. The number of hydrogen-bond acceptors (Lipinski definition) is 4. The standard InChI is InChI=1S/C22H21N3O3S/c26-22-20(17-5-4-10-23-12-17)8-9-21-18-11-16(14-25(21)22)13-24(15-18)29(27,28)19-6-2-1-3-7-19/h1-10,12,16,18H,11,13-15H2. The second-order valence-corrected chi connectivity index (χ2v) is 9.70. The summed E-state index contributed by atoms with van der Waals surface area (Å²) in [5, 5.41) is 0. The van der Waals surface area contributed by atoms with Crippen molar-refractivity contribution in [2.24, 2.45) is 5.92 Å². The van der Waals surface area contributed by atoms with Crippen LogP contribution < -0.4 is 5.56 Å². The van der Waals surface area contributed by atoms with Crippen LogP contribution in [-0.4, -0.2) is 35.4 Å². The van der Waals surface area contributed by atoms with Gasteiger partial charge in [0.15, 0.2) is 0 Å². The van der Waals surface area contributed by atoms with E-state index in [2.05, 4.69) is 4.98 Å². The summed E-state index contributed by atoms with van der Waals surface area (Å²) in [7, 11) is -3.53. The van der Waals surface area contributed by atoms with Gasteiger partial charge in [0.2, 0.25) is 10.0 Å². The molecule has 5 rings (SSSR count). The van der Waals surface area contributed by atoms with E-state index in [0.29, 0.717) is 30.1 Å². The molecule has 7 heteroatoms. The molecule has 3 aromatic rings. The molecule has 0 saturated carbocycles. The minimum Gasteiger partial charge on any atom is -0.311 e. The number of nitrogens with zero attached hydrogens (tertiary/aromatic N) is 3. The molecule has 4 heterocycles. The Bertz CT molecular complexity index is 1210. The van der Waals surface area contributed by atoms with E-state index in [4.69, 9.17) is 0 Å². The van der Waals surface area contributed by atoms with Crippen molar-refractivity contribution >= 4 is 10.0 Å². The summed E-state index contributed by atoms with van der Waals surface area (Å²) in [5.74, 6) is 0.151. The minimum absolute atomic E-state index is 0.0235. The Morgan fingerprint density at radius 1 is 0.931 bits per heavy atom. The maximum atomic E-state index is 13.1. The summed E-state index contributed by atoms with van der Waals surface area (Å²) in [4.78, 5) is 17.6. The van der Waals surface area contributed by atoms with Gasteiger partial charge in [-0.2, -0.15) is 4.31 Å². The highest BCUT2D eigenvalue weighted by Crippen LogP contribution is 2.37. The average Bonchev–Trinajstić information content (AvgIpc) is 2.75. The van der Waals surface area contributed by atoms with Crippen molar-refractivity contribution in [3.8, 4) is 11.1 Å². The molecular formula is C22H21N3O3S. The lowest BCUT2D eigenvalue weighted by molar-refractivity contribution is 0.186. The lowest BCUT2D eigenvalue weighted by Crippen LogP contribution is -2.49. The van der Waals surface area contributed by atoms with Crippen LogP contribution in [0.4, 0.5) is 0 Å². The van der Waals surface area contributed by atoms with Crippen molar-refractivity contribution < 1.29 is 8.42 Å². The summed E-state index contributed by atoms with van der Waals surface area (Å²) in [5.41, 5.74) is 2.34. The first-order valence-electron chi connectivity index (χ1n) is 9.73. The monoisotopic (exact) mass is 407 g/mol. The molecule has 2 bridgehead atoms. The minimum atomic E-state index is -3.53. The van der Waals surface area contributed by atoms with E-state index in [1.54, 1.807) is 41.0 Å². The molecule has 2 aliphatic heterocycles. The van der Waals surface area contributed by atoms with Gasteiger partial charge in [0.05, 0.1) is 4.90 Å². The fourth-order valence-electron chi connectivity index (χ4n) is 4.58. The van der Waals surface area contributed by atoms with Crippen molar-refractivity contribution in [2.75, 3.05) is 13.1 Å². The third kappa shape index (κ3) is 3.10. The molecule has 0 N–H and O–H groups in total. The van der Waals surface area contributed by atoms with Gasteiger partial charge in [0.25, 0.3) is 5.56 Å². The van der Waals surface area contributed by atoms with Crippen LogP contribution >= 0.6 is 0 Å². The predicted octanol–water partition coefficient (Wildman–Crippen LogP) is 2.72. The van der Waals surface area contributed by atoms with Crippen LogP contribution in [0, 0.1) is 5.92 Å². The number of aromatic nitrogens is 2. The van der Waals surface area contributed by atoms with Crippen molar-refractivity contribution in [3.63, 3.8) is 0 Å². The van der Waals surface area contributed by atoms with Crippen molar-refractivity contribution in [2.45, 2.75) is 23.8 Å². The smallest absolute Gasteiger partial charge is 0.258 e. The number of sulfonamides is 1. The highest BCUT2D eigenvalue weighted by molar-refractivity contribution is 7.89. The molecule has 1 aromatic carbocycles. The van der Waals surface area contributed by atoms with E-state index in [1.807, 2.05) is 34.9 Å². The number of fused-ring (bicyclic) bond motifs is 4. The number of benzene rings is 1. The first kappa shape index (κ1) is 18.3. The molecule has 2 unspecified atom stereocenters. The van der Waals surface area contributed by atoms with Crippen LogP contribution in [0.2, 0.25) is 0 Å². The van der Waals surface area contributed by atoms with Crippen LogP contribution in [0.3, 0.4) is 0 Å². The normalized spacial score (nSPS) is 21.5. The summed E-state index contributed by atoms with van der Waals surface area (Å²) in [6, 6.07) is 16.1. The van der Waals surface area contributed by atoms with Gasteiger partial charge in [-0.1, -0.05) is 24.3 Å². The van der Waals surface area contributed by atoms with Gasteiger partial charge in [-0.25, -0.2) is 8.42 Å². The maximum absolute atomic E-state index is 13.1. The molecule has 1 saturated heterocycles. The van der Waals surface area contributed by atoms with E-state index in [9.17, 15) is 13.2 Å². The molecule has 6 nitrogen and oxygen atoms in total. The molecule has 0 aliphatic carbocycles. The van der Waals surface area contributed by atoms with Gasteiger partial charge in [0, 0.05) is 54.8 Å². The van der Waals surface area contributed by atoms with E-state index >= 15 is 0 Å². The number of pyridine rings is 2. The summed E-state index contributed by atoms with van der Waals surface area (Å²) < 4.78 is 29.6. The first-order valence-corrected chi connectivity index (χ1v) is 11.2. The predicted molar refractivity (Wildman–Crippen MR) is 110 cm³/mol. The maximum Gasteiger partial charge on any atom is 0.258 e. The van der Waals surface area contributed by atoms with Gasteiger partial charge in [-0.05, 0) is 42.7 Å². The van der Waals surface area contributed by atoms with Gasteiger partial charge < -0.3 is 4.57 Å². The van der Waals surface area contributed by atoms with Crippen LogP contribution in [-0.2, 0) is 16.6 Å². The van der Waals surface area contributed by atoms with Crippen molar-refractivity contribution in [1.82, 2.24) is 13.9 Å². The molecule has 0 amide bonds. The fraction of sp³-hybridized carbons (Fsp3) is 0.273. The molecule has 2 aliphatic rings. The molecule has 29 heavy (non-hydrogen) atoms. The highest BCUT2D eigenvalue weighted by Gasteiger charge is 2.39. The molecule has 148 valence electrons. The van der Waals surface area contributed by atoms with Crippen LogP contribution in [0.1, 0.15) is 18.0 Å². The van der Waals surface area contributed by atoms with Crippen LogP contribution in [0.15, 0.2) is 76.7 Å². The average molecular weight is 407 g/mol. The summed E-state index contributed by atoms with van der Waals surface area (Å²) in [6.07, 6.45) is 4.29. The molecule has 2 atom stereocenters. The Kier molecular flexibility index (Phi) is 4.37. The van der Waals surface area contributed by atoms with Crippen LogP contribution in [0.25, 0.3) is 11.1 Å². The van der Waals surface area contributed by atoms with Gasteiger partial charge in [-0.3, -0.25) is 9.78 Å². The van der Waals surface area contributed by atoms with Crippen molar-refractivity contribution in [3.05, 3.63) is 83.0 Å². The lowest BCUT2D eigenvalue weighted by atomic mass is 9.84. The van der Waals surface area contributed by atoms with E-state index in [1.165, 1.54) is 0 Å². The lowest BCUT2D eigenvalue weighted by Gasteiger charge is -2.42.